The van der Waals surface area contributed by atoms with E-state index in [1.54, 1.807) is 0 Å². The number of benzene rings is 1. The van der Waals surface area contributed by atoms with Crippen molar-refractivity contribution >= 4 is 10.0 Å². The number of rotatable bonds is 7. The fourth-order valence-electron chi connectivity index (χ4n) is 4.37. The van der Waals surface area contributed by atoms with Crippen LogP contribution >= 0.6 is 0 Å². The molecule has 0 spiro atoms. The van der Waals surface area contributed by atoms with Crippen molar-refractivity contribution in [3.63, 3.8) is 0 Å². The number of sulfonamides is 1. The van der Waals surface area contributed by atoms with Gasteiger partial charge in [0.15, 0.2) is 17.9 Å². The van der Waals surface area contributed by atoms with Crippen molar-refractivity contribution in [2.24, 2.45) is 0 Å². The summed E-state index contributed by atoms with van der Waals surface area (Å²) < 4.78 is 57.8. The monoisotopic (exact) mass is 455 g/mol. The lowest BCUT2D eigenvalue weighted by atomic mass is 9.96. The standard InChI is InChI=1S/C22H33NO7S/c1-14-8-10-15(11-9-14)13-23-31(24,25)12-6-7-16-17-18(28-21(2,3)27-17)19-20(26-16)30-22(4,5)29-19/h8-11,16-20,23H,6-7,12-13H2,1-5H3/t16-,17+,18+,19-,20-/m1/s1. The summed E-state index contributed by atoms with van der Waals surface area (Å²) in [5, 5.41) is 0. The molecule has 0 unspecified atom stereocenters. The Morgan fingerprint density at radius 1 is 0.903 bits per heavy atom. The van der Waals surface area contributed by atoms with Gasteiger partial charge in [0.25, 0.3) is 0 Å². The van der Waals surface area contributed by atoms with E-state index in [1.165, 1.54) is 0 Å². The molecule has 9 heteroatoms. The van der Waals surface area contributed by atoms with Gasteiger partial charge in [0.1, 0.15) is 18.3 Å². The Kier molecular flexibility index (Phi) is 6.24. The fraction of sp³-hybridized carbons (Fsp3) is 0.727. The fourth-order valence-corrected chi connectivity index (χ4v) is 5.45. The molecule has 3 aliphatic rings. The molecule has 0 bridgehead atoms. The van der Waals surface area contributed by atoms with Gasteiger partial charge in [-0.2, -0.15) is 0 Å². The molecule has 8 nitrogen and oxygen atoms in total. The van der Waals surface area contributed by atoms with Gasteiger partial charge < -0.3 is 23.7 Å². The molecule has 0 aliphatic carbocycles. The normalized spacial score (nSPS) is 33.8. The number of hydrogen-bond donors (Lipinski definition) is 1. The lowest BCUT2D eigenvalue weighted by Gasteiger charge is -2.37. The Bertz CT molecular complexity index is 884. The Balaban J connectivity index is 1.33. The molecule has 3 aliphatic heterocycles. The van der Waals surface area contributed by atoms with Crippen LogP contribution in [-0.2, 0) is 40.3 Å². The zero-order chi connectivity index (χ0) is 22.4. The maximum absolute atomic E-state index is 12.5. The summed E-state index contributed by atoms with van der Waals surface area (Å²) in [6.45, 7) is 9.67. The van der Waals surface area contributed by atoms with Gasteiger partial charge in [0.2, 0.25) is 10.0 Å². The maximum atomic E-state index is 12.5. The predicted octanol–water partition coefficient (Wildman–Crippen LogP) is 2.59. The quantitative estimate of drug-likeness (QED) is 0.676. The average molecular weight is 456 g/mol. The van der Waals surface area contributed by atoms with E-state index >= 15 is 0 Å². The van der Waals surface area contributed by atoms with Gasteiger partial charge >= 0.3 is 0 Å². The summed E-state index contributed by atoms with van der Waals surface area (Å²) in [4.78, 5) is 0. The van der Waals surface area contributed by atoms with Gasteiger partial charge in [0, 0.05) is 6.54 Å². The summed E-state index contributed by atoms with van der Waals surface area (Å²) >= 11 is 0. The van der Waals surface area contributed by atoms with Crippen LogP contribution < -0.4 is 4.72 Å². The second kappa shape index (κ2) is 8.37. The van der Waals surface area contributed by atoms with Gasteiger partial charge in [-0.3, -0.25) is 0 Å². The van der Waals surface area contributed by atoms with Crippen LogP contribution in [0.25, 0.3) is 0 Å². The van der Waals surface area contributed by atoms with Gasteiger partial charge in [-0.25, -0.2) is 13.1 Å². The van der Waals surface area contributed by atoms with Crippen LogP contribution in [0.3, 0.4) is 0 Å². The molecule has 3 saturated heterocycles. The summed E-state index contributed by atoms with van der Waals surface area (Å²) in [5.41, 5.74) is 2.07. The van der Waals surface area contributed by atoms with E-state index in [2.05, 4.69) is 4.72 Å². The van der Waals surface area contributed by atoms with Crippen LogP contribution in [0.4, 0.5) is 0 Å². The molecular formula is C22H33NO7S. The largest absolute Gasteiger partial charge is 0.344 e. The highest BCUT2D eigenvalue weighted by atomic mass is 32.2. The average Bonchev–Trinajstić information content (AvgIpc) is 3.15. The van der Waals surface area contributed by atoms with Crippen molar-refractivity contribution in [2.75, 3.05) is 5.75 Å². The molecule has 3 heterocycles. The third-order valence-corrected chi connectivity index (χ3v) is 7.18. The zero-order valence-corrected chi connectivity index (χ0v) is 19.6. The first-order valence-electron chi connectivity index (χ1n) is 10.8. The molecule has 174 valence electrons. The minimum atomic E-state index is -3.41. The molecule has 4 rings (SSSR count). The second-order valence-corrected chi connectivity index (χ2v) is 11.4. The first-order chi connectivity index (χ1) is 14.4. The third-order valence-electron chi connectivity index (χ3n) is 5.77. The highest BCUT2D eigenvalue weighted by molar-refractivity contribution is 7.89. The van der Waals surface area contributed by atoms with Crippen LogP contribution in [-0.4, -0.2) is 56.5 Å². The molecule has 0 amide bonds. The summed E-state index contributed by atoms with van der Waals surface area (Å²) in [6, 6.07) is 7.78. The third kappa shape index (κ3) is 5.47. The van der Waals surface area contributed by atoms with E-state index in [9.17, 15) is 8.42 Å². The van der Waals surface area contributed by atoms with E-state index in [4.69, 9.17) is 23.7 Å². The lowest BCUT2D eigenvalue weighted by Crippen LogP contribution is -2.55. The SMILES string of the molecule is Cc1ccc(CNS(=O)(=O)CCC[C@H]2O[C@@H]3OC(C)(C)O[C@@H]3[C@H]3OC(C)(C)O[C@H]32)cc1. The van der Waals surface area contributed by atoms with Crippen molar-refractivity contribution < 1.29 is 32.1 Å². The van der Waals surface area contributed by atoms with Gasteiger partial charge in [-0.05, 0) is 53.0 Å². The molecule has 0 saturated carbocycles. The zero-order valence-electron chi connectivity index (χ0n) is 18.8. The van der Waals surface area contributed by atoms with E-state index in [0.29, 0.717) is 12.8 Å². The van der Waals surface area contributed by atoms with Crippen LogP contribution in [0.2, 0.25) is 0 Å². The lowest BCUT2D eigenvalue weighted by molar-refractivity contribution is -0.234. The Morgan fingerprint density at radius 3 is 2.23 bits per heavy atom. The molecule has 0 aromatic heterocycles. The van der Waals surface area contributed by atoms with Crippen LogP contribution in [0, 0.1) is 6.92 Å². The number of fused-ring (bicyclic) bond motifs is 3. The molecule has 1 N–H and O–H groups in total. The van der Waals surface area contributed by atoms with Gasteiger partial charge in [0.05, 0.1) is 11.9 Å². The smallest absolute Gasteiger partial charge is 0.211 e. The van der Waals surface area contributed by atoms with E-state index in [-0.39, 0.29) is 36.7 Å². The Hall–Kier alpha value is -1.07. The summed E-state index contributed by atoms with van der Waals surface area (Å²) in [7, 11) is -3.41. The van der Waals surface area contributed by atoms with Gasteiger partial charge in [-0.15, -0.1) is 0 Å². The van der Waals surface area contributed by atoms with Crippen molar-refractivity contribution in [1.82, 2.24) is 4.72 Å². The van der Waals surface area contributed by atoms with Crippen LogP contribution in [0.15, 0.2) is 24.3 Å². The molecule has 5 atom stereocenters. The van der Waals surface area contributed by atoms with Crippen molar-refractivity contribution in [2.45, 2.75) is 96.3 Å². The number of nitrogens with one attached hydrogen (secondary N) is 1. The summed E-state index contributed by atoms with van der Waals surface area (Å²) in [6.07, 6.45) is -0.985. The van der Waals surface area contributed by atoms with Crippen molar-refractivity contribution in [3.8, 4) is 0 Å². The first kappa shape index (κ1) is 23.1. The van der Waals surface area contributed by atoms with E-state index < -0.39 is 27.9 Å². The van der Waals surface area contributed by atoms with Crippen LogP contribution in [0.5, 0.6) is 0 Å². The molecule has 1 aromatic carbocycles. The van der Waals surface area contributed by atoms with E-state index in [1.807, 2.05) is 58.9 Å². The maximum Gasteiger partial charge on any atom is 0.211 e. The molecule has 0 radical (unpaired) electrons. The van der Waals surface area contributed by atoms with E-state index in [0.717, 1.165) is 11.1 Å². The number of hydrogen-bond acceptors (Lipinski definition) is 7. The molecule has 1 aromatic rings. The second-order valence-electron chi connectivity index (χ2n) is 9.48. The first-order valence-corrected chi connectivity index (χ1v) is 12.5. The molecular weight excluding hydrogens is 422 g/mol. The highest BCUT2D eigenvalue weighted by Crippen LogP contribution is 2.44. The Morgan fingerprint density at radius 2 is 1.52 bits per heavy atom. The minimum absolute atomic E-state index is 0.0112. The Labute approximate surface area is 184 Å². The van der Waals surface area contributed by atoms with Crippen molar-refractivity contribution in [3.05, 3.63) is 35.4 Å². The number of ether oxygens (including phenoxy) is 5. The molecule has 31 heavy (non-hydrogen) atoms. The summed E-state index contributed by atoms with van der Waals surface area (Å²) in [5.74, 6) is -1.52. The number of aryl methyl sites for hydroxylation is 1. The van der Waals surface area contributed by atoms with Gasteiger partial charge in [-0.1, -0.05) is 29.8 Å². The van der Waals surface area contributed by atoms with Crippen molar-refractivity contribution in [1.29, 1.82) is 0 Å². The highest BCUT2D eigenvalue weighted by Gasteiger charge is 2.60. The predicted molar refractivity (Wildman–Crippen MR) is 114 cm³/mol. The minimum Gasteiger partial charge on any atom is -0.344 e. The van der Waals surface area contributed by atoms with Crippen LogP contribution in [0.1, 0.15) is 51.7 Å². The molecule has 3 fully saturated rings. The topological polar surface area (TPSA) is 92.3 Å².